The van der Waals surface area contributed by atoms with Crippen LogP contribution in [0.5, 0.6) is 0 Å². The fourth-order valence-electron chi connectivity index (χ4n) is 0.986. The van der Waals surface area contributed by atoms with Crippen LogP contribution in [0.3, 0.4) is 0 Å². The van der Waals surface area contributed by atoms with Crippen LogP contribution in [0.4, 0.5) is 0 Å². The second-order valence-corrected chi connectivity index (χ2v) is 2.82. The zero-order chi connectivity index (χ0) is 10.1. The van der Waals surface area contributed by atoms with E-state index in [0.29, 0.717) is 12.7 Å². The Morgan fingerprint density at radius 2 is 2.38 bits per heavy atom. The number of nitrogens with zero attached hydrogens (tertiary/aromatic N) is 1. The third-order valence-electron chi connectivity index (χ3n) is 1.72. The van der Waals surface area contributed by atoms with Crippen molar-refractivity contribution in [1.82, 2.24) is 4.72 Å². The van der Waals surface area contributed by atoms with Crippen LogP contribution in [-0.4, -0.2) is 36.9 Å². The van der Waals surface area contributed by atoms with Gasteiger partial charge in [-0.1, -0.05) is 0 Å². The molecule has 0 aliphatic carbocycles. The molecule has 0 aromatic carbocycles. The molecule has 3 nitrogen and oxygen atoms in total. The van der Waals surface area contributed by atoms with E-state index in [-0.39, 0.29) is 0 Å². The van der Waals surface area contributed by atoms with Crippen molar-refractivity contribution in [2.45, 2.75) is 26.1 Å². The molecule has 0 unspecified atom stereocenters. The number of hydrogen-bond donors (Lipinski definition) is 1. The molecular formula is C8H14B2NO2. The van der Waals surface area contributed by atoms with E-state index >= 15 is 0 Å². The van der Waals surface area contributed by atoms with E-state index in [2.05, 4.69) is 5.92 Å². The van der Waals surface area contributed by atoms with Gasteiger partial charge >= 0.3 is 7.05 Å². The Morgan fingerprint density at radius 1 is 1.69 bits per heavy atom. The standard InChI is InChI=1S/C8H14B2NO2/c1-3-4-5-6-7-11(9-8-12)10(2)13/h1,8,13H,4-7H2,2H3. The van der Waals surface area contributed by atoms with Gasteiger partial charge in [0.1, 0.15) is 0 Å². The molecule has 0 aliphatic rings. The van der Waals surface area contributed by atoms with Crippen molar-refractivity contribution >= 4 is 20.7 Å². The van der Waals surface area contributed by atoms with E-state index in [0.717, 1.165) is 19.3 Å². The van der Waals surface area contributed by atoms with Crippen LogP contribution in [0, 0.1) is 12.3 Å². The minimum Gasteiger partial charge on any atom is -0.438 e. The van der Waals surface area contributed by atoms with Crippen LogP contribution < -0.4 is 0 Å². The minimum atomic E-state index is -0.615. The molecule has 0 aromatic rings. The number of unbranched alkanes of at least 4 members (excludes halogenated alkanes) is 2. The Labute approximate surface area is 80.9 Å². The van der Waals surface area contributed by atoms with Crippen molar-refractivity contribution in [2.75, 3.05) is 6.54 Å². The number of carbonyl (C=O) groups is 1. The number of terminal acetylenes is 1. The molecule has 1 radical (unpaired) electrons. The molecule has 0 rings (SSSR count). The second-order valence-electron chi connectivity index (χ2n) is 2.82. The molecule has 0 saturated heterocycles. The molecular weight excluding hydrogens is 164 g/mol. The lowest BCUT2D eigenvalue weighted by Crippen LogP contribution is -2.41. The van der Waals surface area contributed by atoms with Gasteiger partial charge in [0.15, 0.2) is 0 Å². The molecule has 1 N–H and O–H groups in total. The van der Waals surface area contributed by atoms with E-state index in [1.54, 1.807) is 11.5 Å². The molecule has 0 fully saturated rings. The predicted molar refractivity (Wildman–Crippen MR) is 55.7 cm³/mol. The van der Waals surface area contributed by atoms with Gasteiger partial charge in [0.25, 0.3) is 7.41 Å². The molecule has 0 aromatic heterocycles. The summed E-state index contributed by atoms with van der Waals surface area (Å²) in [5.74, 6) is 2.54. The quantitative estimate of drug-likeness (QED) is 0.258. The molecule has 0 amide bonds. The van der Waals surface area contributed by atoms with Gasteiger partial charge in [-0.3, -0.25) is 0 Å². The largest absolute Gasteiger partial charge is 0.438 e. The highest BCUT2D eigenvalue weighted by molar-refractivity contribution is 6.73. The molecule has 0 heterocycles. The SMILES string of the molecule is C#CCCCCN([B]C=O)B(C)O. The predicted octanol–water partition coefficient (Wildman–Crippen LogP) is 0.0116. The topological polar surface area (TPSA) is 40.5 Å². The summed E-state index contributed by atoms with van der Waals surface area (Å²) in [5, 5.41) is 9.20. The van der Waals surface area contributed by atoms with Gasteiger partial charge in [0.05, 0.1) is 6.19 Å². The van der Waals surface area contributed by atoms with Crippen LogP contribution >= 0.6 is 0 Å². The zero-order valence-corrected chi connectivity index (χ0v) is 7.94. The third-order valence-corrected chi connectivity index (χ3v) is 1.72. The Hall–Kier alpha value is -0.720. The minimum absolute atomic E-state index is 0.615. The van der Waals surface area contributed by atoms with Crippen LogP contribution in [-0.2, 0) is 4.79 Å². The van der Waals surface area contributed by atoms with Crippen LogP contribution in [0.2, 0.25) is 6.82 Å². The molecule has 0 atom stereocenters. The summed E-state index contributed by atoms with van der Waals surface area (Å²) in [6.07, 6.45) is 8.32. The van der Waals surface area contributed by atoms with Crippen LogP contribution in [0.15, 0.2) is 0 Å². The molecule has 5 heteroatoms. The lowest BCUT2D eigenvalue weighted by molar-refractivity contribution is 0.474. The highest BCUT2D eigenvalue weighted by atomic mass is 16.2. The highest BCUT2D eigenvalue weighted by Gasteiger charge is 2.15. The van der Waals surface area contributed by atoms with Crippen LogP contribution in [0.25, 0.3) is 0 Å². The molecule has 69 valence electrons. The van der Waals surface area contributed by atoms with Crippen LogP contribution in [0.1, 0.15) is 19.3 Å². The first-order valence-corrected chi connectivity index (χ1v) is 4.38. The first-order valence-electron chi connectivity index (χ1n) is 4.38. The number of carbonyl (C=O) groups excluding carboxylic acids is 1. The first kappa shape index (κ1) is 12.3. The average molecular weight is 178 g/mol. The lowest BCUT2D eigenvalue weighted by Gasteiger charge is -2.19. The van der Waals surface area contributed by atoms with E-state index in [4.69, 9.17) is 6.42 Å². The Morgan fingerprint density at radius 3 is 2.85 bits per heavy atom. The van der Waals surface area contributed by atoms with Crippen molar-refractivity contribution in [3.05, 3.63) is 0 Å². The zero-order valence-electron chi connectivity index (χ0n) is 7.94. The summed E-state index contributed by atoms with van der Waals surface area (Å²) in [6.45, 7) is 2.29. The maximum Gasteiger partial charge on any atom is 0.364 e. The molecule has 0 bridgehead atoms. The van der Waals surface area contributed by atoms with Crippen molar-refractivity contribution in [2.24, 2.45) is 0 Å². The number of hydrogen-bond acceptors (Lipinski definition) is 3. The maximum atomic E-state index is 10.2. The van der Waals surface area contributed by atoms with Gasteiger partial charge in [-0.05, 0) is 26.2 Å². The summed E-state index contributed by atoms with van der Waals surface area (Å²) in [6, 6.07) is 0. The fourth-order valence-corrected chi connectivity index (χ4v) is 0.986. The van der Waals surface area contributed by atoms with E-state index in [9.17, 15) is 9.82 Å². The van der Waals surface area contributed by atoms with Crippen molar-refractivity contribution in [3.63, 3.8) is 0 Å². The van der Waals surface area contributed by atoms with Gasteiger partial charge in [0.2, 0.25) is 0 Å². The highest BCUT2D eigenvalue weighted by Crippen LogP contribution is 1.97. The van der Waals surface area contributed by atoms with Gasteiger partial charge in [-0.15, -0.1) is 12.3 Å². The summed E-state index contributed by atoms with van der Waals surface area (Å²) in [4.78, 5) is 10.2. The van der Waals surface area contributed by atoms with Gasteiger partial charge < -0.3 is 14.5 Å². The van der Waals surface area contributed by atoms with Gasteiger partial charge in [-0.25, -0.2) is 0 Å². The summed E-state index contributed by atoms with van der Waals surface area (Å²) >= 11 is 0. The first-order chi connectivity index (χ1) is 6.22. The van der Waals surface area contributed by atoms with Gasteiger partial charge in [-0.2, -0.15) is 0 Å². The molecule has 0 saturated carbocycles. The lowest BCUT2D eigenvalue weighted by atomic mass is 9.73. The van der Waals surface area contributed by atoms with Gasteiger partial charge in [0, 0.05) is 6.42 Å². The smallest absolute Gasteiger partial charge is 0.364 e. The monoisotopic (exact) mass is 178 g/mol. The molecule has 13 heavy (non-hydrogen) atoms. The van der Waals surface area contributed by atoms with E-state index < -0.39 is 7.05 Å². The Balaban J connectivity index is 3.57. The molecule has 0 aliphatic heterocycles. The van der Waals surface area contributed by atoms with E-state index in [1.165, 1.54) is 7.41 Å². The molecule has 0 spiro atoms. The van der Waals surface area contributed by atoms with Crippen molar-refractivity contribution in [3.8, 4) is 12.3 Å². The maximum absolute atomic E-state index is 10.2. The van der Waals surface area contributed by atoms with E-state index in [1.807, 2.05) is 0 Å². The average Bonchev–Trinajstić information content (AvgIpc) is 2.10. The second kappa shape index (κ2) is 7.90. The van der Waals surface area contributed by atoms with Crippen molar-refractivity contribution in [1.29, 1.82) is 0 Å². The fraction of sp³-hybridized carbons (Fsp3) is 0.625. The summed E-state index contributed by atoms with van der Waals surface area (Å²) in [5.41, 5.74) is 0. The summed E-state index contributed by atoms with van der Waals surface area (Å²) in [7, 11) is 0.733. The third kappa shape index (κ3) is 6.44. The Bertz CT molecular complexity index is 179. The normalized spacial score (nSPS) is 9.38. The Kier molecular flexibility index (Phi) is 7.47. The summed E-state index contributed by atoms with van der Waals surface area (Å²) < 4.78 is 1.59. The van der Waals surface area contributed by atoms with Crippen molar-refractivity contribution < 1.29 is 9.82 Å². The number of rotatable bonds is 7.